The molecule has 0 aromatic heterocycles. The number of piperidine rings is 1. The smallest absolute Gasteiger partial charge is 0.251 e. The first-order valence-corrected chi connectivity index (χ1v) is 9.57. The first-order valence-electron chi connectivity index (χ1n) is 9.57. The molecule has 1 aromatic carbocycles. The van der Waals surface area contributed by atoms with Crippen molar-refractivity contribution in [2.45, 2.75) is 56.8 Å². The lowest BCUT2D eigenvalue weighted by Crippen LogP contribution is -2.45. The molecule has 0 radical (unpaired) electrons. The predicted molar refractivity (Wildman–Crippen MR) is 93.6 cm³/mol. The van der Waals surface area contributed by atoms with Crippen LogP contribution in [-0.4, -0.2) is 53.6 Å². The third-order valence-corrected chi connectivity index (χ3v) is 6.03. The van der Waals surface area contributed by atoms with Crippen LogP contribution in [0.1, 0.15) is 44.1 Å². The van der Waals surface area contributed by atoms with Crippen LogP contribution in [0.5, 0.6) is 0 Å². The molecule has 4 rings (SSSR count). The van der Waals surface area contributed by atoms with Crippen molar-refractivity contribution in [3.05, 3.63) is 35.6 Å². The molecule has 0 aliphatic carbocycles. The van der Waals surface area contributed by atoms with Gasteiger partial charge in [-0.05, 0) is 56.2 Å². The van der Waals surface area contributed by atoms with Crippen LogP contribution in [0.4, 0.5) is 4.39 Å². The van der Waals surface area contributed by atoms with Crippen LogP contribution in [0.2, 0.25) is 0 Å². The predicted octanol–water partition coefficient (Wildman–Crippen LogP) is 2.96. The van der Waals surface area contributed by atoms with Crippen molar-refractivity contribution < 1.29 is 13.9 Å². The lowest BCUT2D eigenvalue weighted by molar-refractivity contribution is -0.150. The molecule has 3 heterocycles. The molecule has 3 fully saturated rings. The number of nitrogens with zero attached hydrogens (tertiary/aromatic N) is 2. The summed E-state index contributed by atoms with van der Waals surface area (Å²) in [5.74, 6) is 0.0255. The highest BCUT2D eigenvalue weighted by molar-refractivity contribution is 5.81. The molecule has 3 aliphatic heterocycles. The Morgan fingerprint density at radius 3 is 2.44 bits per heavy atom. The molecule has 0 N–H and O–H groups in total. The van der Waals surface area contributed by atoms with Crippen molar-refractivity contribution in [1.29, 1.82) is 0 Å². The van der Waals surface area contributed by atoms with E-state index in [1.165, 1.54) is 12.1 Å². The number of hydrogen-bond acceptors (Lipinski definition) is 3. The first-order chi connectivity index (χ1) is 12.1. The second-order valence-corrected chi connectivity index (χ2v) is 7.76. The number of likely N-dealkylation sites (tertiary alicyclic amines) is 2. The minimum absolute atomic E-state index is 0.0979. The van der Waals surface area contributed by atoms with E-state index in [-0.39, 0.29) is 23.4 Å². The van der Waals surface area contributed by atoms with Gasteiger partial charge in [0.05, 0.1) is 5.60 Å². The molecule has 0 bridgehead atoms. The number of amides is 1. The molecular weight excluding hydrogens is 319 g/mol. The quantitative estimate of drug-likeness (QED) is 0.844. The Bertz CT molecular complexity index is 605. The summed E-state index contributed by atoms with van der Waals surface area (Å²) in [5, 5.41) is 0. The van der Waals surface area contributed by atoms with Crippen LogP contribution in [0.25, 0.3) is 0 Å². The fourth-order valence-corrected chi connectivity index (χ4v) is 4.46. The zero-order valence-electron chi connectivity index (χ0n) is 14.8. The largest absolute Gasteiger partial charge is 0.362 e. The summed E-state index contributed by atoms with van der Waals surface area (Å²) in [5.41, 5.74) is 1.05. The van der Waals surface area contributed by atoms with E-state index in [0.29, 0.717) is 0 Å². The number of rotatable bonds is 3. The molecule has 3 aliphatic rings. The number of hydrogen-bond donors (Lipinski definition) is 0. The Kier molecular flexibility index (Phi) is 4.78. The highest BCUT2D eigenvalue weighted by atomic mass is 19.1. The zero-order valence-corrected chi connectivity index (χ0v) is 14.8. The molecule has 1 unspecified atom stereocenters. The lowest BCUT2D eigenvalue weighted by Gasteiger charge is -2.39. The van der Waals surface area contributed by atoms with E-state index >= 15 is 0 Å². The number of halogens is 1. The average molecular weight is 346 g/mol. The molecule has 1 atom stereocenters. The Morgan fingerprint density at radius 2 is 1.76 bits per heavy atom. The van der Waals surface area contributed by atoms with Gasteiger partial charge >= 0.3 is 0 Å². The molecule has 0 saturated carbocycles. The normalized spacial score (nSPS) is 26.4. The van der Waals surface area contributed by atoms with Crippen molar-refractivity contribution in [2.24, 2.45) is 0 Å². The van der Waals surface area contributed by atoms with Gasteiger partial charge in [0.1, 0.15) is 11.9 Å². The Morgan fingerprint density at radius 1 is 1.08 bits per heavy atom. The summed E-state index contributed by atoms with van der Waals surface area (Å²) >= 11 is 0. The average Bonchev–Trinajstić information content (AvgIpc) is 3.29. The zero-order chi connectivity index (χ0) is 17.3. The molecule has 25 heavy (non-hydrogen) atoms. The van der Waals surface area contributed by atoms with E-state index in [2.05, 4.69) is 4.90 Å². The number of carbonyl (C=O) groups is 1. The summed E-state index contributed by atoms with van der Waals surface area (Å²) < 4.78 is 19.3. The van der Waals surface area contributed by atoms with Gasteiger partial charge in [0, 0.05) is 32.7 Å². The van der Waals surface area contributed by atoms with Crippen LogP contribution >= 0.6 is 0 Å². The van der Waals surface area contributed by atoms with Crippen molar-refractivity contribution in [3.8, 4) is 0 Å². The Balaban J connectivity index is 1.29. The number of benzene rings is 1. The third kappa shape index (κ3) is 3.72. The highest BCUT2D eigenvalue weighted by Crippen LogP contribution is 2.39. The fourth-order valence-electron chi connectivity index (χ4n) is 4.46. The van der Waals surface area contributed by atoms with Crippen LogP contribution in [0, 0.1) is 5.82 Å². The van der Waals surface area contributed by atoms with E-state index in [0.717, 1.165) is 76.8 Å². The van der Waals surface area contributed by atoms with Crippen molar-refractivity contribution in [2.75, 3.05) is 26.2 Å². The molecule has 1 amide bonds. The second-order valence-electron chi connectivity index (χ2n) is 7.76. The highest BCUT2D eigenvalue weighted by Gasteiger charge is 2.45. The van der Waals surface area contributed by atoms with E-state index in [1.807, 2.05) is 17.0 Å². The summed E-state index contributed by atoms with van der Waals surface area (Å²) in [6.07, 6.45) is 5.87. The van der Waals surface area contributed by atoms with Gasteiger partial charge in [0.25, 0.3) is 5.91 Å². The van der Waals surface area contributed by atoms with Crippen molar-refractivity contribution in [3.63, 3.8) is 0 Å². The topological polar surface area (TPSA) is 32.8 Å². The maximum atomic E-state index is 13.0. The molecule has 1 aromatic rings. The van der Waals surface area contributed by atoms with E-state index < -0.39 is 0 Å². The van der Waals surface area contributed by atoms with Crippen LogP contribution in [0.3, 0.4) is 0 Å². The standard InChI is InChI=1S/C20H27FN2O2/c21-17-5-3-16(4-6-17)15-22-13-9-20(10-14-22)8-7-18(25-20)19(24)23-11-1-2-12-23/h3-6,18H,1-2,7-15H2. The Hall–Kier alpha value is -1.46. The summed E-state index contributed by atoms with van der Waals surface area (Å²) in [4.78, 5) is 16.9. The lowest BCUT2D eigenvalue weighted by atomic mass is 9.88. The molecule has 136 valence electrons. The SMILES string of the molecule is O=C(C1CCC2(CCN(Cc3ccc(F)cc3)CC2)O1)N1CCCC1. The summed E-state index contributed by atoms with van der Waals surface area (Å²) in [7, 11) is 0. The van der Waals surface area contributed by atoms with Crippen LogP contribution in [-0.2, 0) is 16.1 Å². The van der Waals surface area contributed by atoms with E-state index in [9.17, 15) is 9.18 Å². The van der Waals surface area contributed by atoms with Crippen molar-refractivity contribution >= 4 is 5.91 Å². The van der Waals surface area contributed by atoms with E-state index in [4.69, 9.17) is 4.74 Å². The van der Waals surface area contributed by atoms with Gasteiger partial charge < -0.3 is 9.64 Å². The molecular formula is C20H27FN2O2. The minimum Gasteiger partial charge on any atom is -0.362 e. The fraction of sp³-hybridized carbons (Fsp3) is 0.650. The first kappa shape index (κ1) is 17.0. The van der Waals surface area contributed by atoms with Gasteiger partial charge in [0.15, 0.2) is 0 Å². The van der Waals surface area contributed by atoms with Gasteiger partial charge in [-0.2, -0.15) is 0 Å². The Labute approximate surface area is 148 Å². The van der Waals surface area contributed by atoms with Gasteiger partial charge in [0.2, 0.25) is 0 Å². The third-order valence-electron chi connectivity index (χ3n) is 6.03. The summed E-state index contributed by atoms with van der Waals surface area (Å²) in [6.45, 7) is 4.60. The molecule has 4 nitrogen and oxygen atoms in total. The van der Waals surface area contributed by atoms with Crippen LogP contribution in [0.15, 0.2) is 24.3 Å². The molecule has 5 heteroatoms. The number of ether oxygens (including phenoxy) is 1. The maximum Gasteiger partial charge on any atom is 0.251 e. The summed E-state index contributed by atoms with van der Waals surface area (Å²) in [6, 6.07) is 6.76. The van der Waals surface area contributed by atoms with Gasteiger partial charge in [-0.25, -0.2) is 4.39 Å². The molecule has 3 saturated heterocycles. The monoisotopic (exact) mass is 346 g/mol. The molecule has 1 spiro atoms. The van der Waals surface area contributed by atoms with Gasteiger partial charge in [-0.3, -0.25) is 9.69 Å². The maximum absolute atomic E-state index is 13.0. The number of carbonyl (C=O) groups excluding carboxylic acids is 1. The van der Waals surface area contributed by atoms with Gasteiger partial charge in [-0.15, -0.1) is 0 Å². The minimum atomic E-state index is -0.221. The second kappa shape index (κ2) is 7.04. The van der Waals surface area contributed by atoms with Crippen LogP contribution < -0.4 is 0 Å². The van der Waals surface area contributed by atoms with E-state index in [1.54, 1.807) is 0 Å². The van der Waals surface area contributed by atoms with Crippen molar-refractivity contribution in [1.82, 2.24) is 9.80 Å². The van der Waals surface area contributed by atoms with Gasteiger partial charge in [-0.1, -0.05) is 12.1 Å².